The minimum Gasteiger partial charge on any atom is -0.326 e. The maximum absolute atomic E-state index is 12.9. The second-order valence-electron chi connectivity index (χ2n) is 5.69. The fourth-order valence-electron chi connectivity index (χ4n) is 2.70. The summed E-state index contributed by atoms with van der Waals surface area (Å²) in [6.07, 6.45) is 2.00. The summed E-state index contributed by atoms with van der Waals surface area (Å²) in [5.41, 5.74) is 0.611. The number of anilines is 1. The van der Waals surface area contributed by atoms with Crippen molar-refractivity contribution in [2.24, 2.45) is 0 Å². The first kappa shape index (κ1) is 20.9. The van der Waals surface area contributed by atoms with Crippen LogP contribution in [-0.2, 0) is 14.8 Å². The average Bonchev–Trinajstić information content (AvgIpc) is 3.06. The summed E-state index contributed by atoms with van der Waals surface area (Å²) in [6.45, 7) is 5.82. The highest BCUT2D eigenvalue weighted by Crippen LogP contribution is 2.23. The molecule has 1 heterocycles. The maximum atomic E-state index is 12.9. The zero-order valence-electron chi connectivity index (χ0n) is 14.1. The lowest BCUT2D eigenvalue weighted by atomic mass is 10.2. The molecular formula is C16H26ClN3O3S. The fraction of sp³-hybridized carbons (Fsp3) is 0.562. The third-order valence-electron chi connectivity index (χ3n) is 3.95. The summed E-state index contributed by atoms with van der Waals surface area (Å²) >= 11 is 0. The van der Waals surface area contributed by atoms with Gasteiger partial charge in [0.15, 0.2) is 0 Å². The highest BCUT2D eigenvalue weighted by Gasteiger charge is 2.32. The molecule has 1 amide bonds. The zero-order chi connectivity index (χ0) is 16.9. The largest absolute Gasteiger partial charge is 0.326 e. The zero-order valence-corrected chi connectivity index (χ0v) is 15.8. The fourth-order valence-corrected chi connectivity index (χ4v) is 4.45. The molecule has 0 radical (unpaired) electrons. The van der Waals surface area contributed by atoms with Gasteiger partial charge in [-0.2, -0.15) is 4.31 Å². The van der Waals surface area contributed by atoms with E-state index < -0.39 is 10.0 Å². The van der Waals surface area contributed by atoms with Crippen molar-refractivity contribution in [1.82, 2.24) is 9.62 Å². The third kappa shape index (κ3) is 4.92. The molecule has 2 N–H and O–H groups in total. The minimum atomic E-state index is -3.52. The quantitative estimate of drug-likeness (QED) is 0.765. The molecule has 0 aromatic heterocycles. The molecule has 1 aliphatic heterocycles. The molecule has 0 bridgehead atoms. The van der Waals surface area contributed by atoms with Gasteiger partial charge in [0.25, 0.3) is 0 Å². The highest BCUT2D eigenvalue weighted by atomic mass is 35.5. The maximum Gasteiger partial charge on any atom is 0.243 e. The molecule has 0 saturated carbocycles. The summed E-state index contributed by atoms with van der Waals surface area (Å²) < 4.78 is 27.4. The topological polar surface area (TPSA) is 78.5 Å². The number of hydrogen-bond donors (Lipinski definition) is 2. The predicted molar refractivity (Wildman–Crippen MR) is 98.1 cm³/mol. The van der Waals surface area contributed by atoms with Crippen LogP contribution in [0.25, 0.3) is 0 Å². The van der Waals surface area contributed by atoms with Gasteiger partial charge in [-0.1, -0.05) is 13.8 Å². The van der Waals surface area contributed by atoms with Gasteiger partial charge in [0.2, 0.25) is 15.9 Å². The standard InChI is InChI=1S/C16H25N3O3S.ClH/c1-3-11-19(14-9-10-17-12-14)23(21,22)15-7-5-13(6-8-15)18-16(20)4-2;/h5-8,14,17H,3-4,9-12H2,1-2H3,(H,18,20);1H. The van der Waals surface area contributed by atoms with Crippen LogP contribution in [0.5, 0.6) is 0 Å². The molecule has 1 aromatic rings. The van der Waals surface area contributed by atoms with Gasteiger partial charge in [-0.05, 0) is 43.7 Å². The Kier molecular flexibility index (Phi) is 8.15. The number of benzene rings is 1. The smallest absolute Gasteiger partial charge is 0.243 e. The SMILES string of the molecule is CCCN(C1CCNC1)S(=O)(=O)c1ccc(NC(=O)CC)cc1.Cl. The van der Waals surface area contributed by atoms with Crippen LogP contribution in [0.1, 0.15) is 33.1 Å². The number of nitrogens with one attached hydrogen (secondary N) is 2. The van der Waals surface area contributed by atoms with Gasteiger partial charge in [0.05, 0.1) is 4.90 Å². The van der Waals surface area contributed by atoms with Crippen LogP contribution in [0.3, 0.4) is 0 Å². The van der Waals surface area contributed by atoms with Crippen LogP contribution < -0.4 is 10.6 Å². The molecule has 136 valence electrons. The molecule has 0 aliphatic carbocycles. The lowest BCUT2D eigenvalue weighted by Gasteiger charge is -2.27. The molecule has 24 heavy (non-hydrogen) atoms. The van der Waals surface area contributed by atoms with Gasteiger partial charge >= 0.3 is 0 Å². The molecule has 6 nitrogen and oxygen atoms in total. The van der Waals surface area contributed by atoms with E-state index in [-0.39, 0.29) is 29.3 Å². The summed E-state index contributed by atoms with van der Waals surface area (Å²) in [7, 11) is -3.52. The van der Waals surface area contributed by atoms with Crippen LogP contribution >= 0.6 is 12.4 Å². The Morgan fingerprint density at radius 3 is 2.46 bits per heavy atom. The normalized spacial score (nSPS) is 17.5. The van der Waals surface area contributed by atoms with Gasteiger partial charge in [-0.3, -0.25) is 4.79 Å². The first-order valence-electron chi connectivity index (χ1n) is 8.11. The lowest BCUT2D eigenvalue weighted by Crippen LogP contribution is -2.41. The highest BCUT2D eigenvalue weighted by molar-refractivity contribution is 7.89. The van der Waals surface area contributed by atoms with Crippen LogP contribution in [0.15, 0.2) is 29.2 Å². The number of nitrogens with zero attached hydrogens (tertiary/aromatic N) is 1. The summed E-state index contributed by atoms with van der Waals surface area (Å²) in [4.78, 5) is 11.7. The Bertz CT molecular complexity index is 628. The second kappa shape index (κ2) is 9.36. The van der Waals surface area contributed by atoms with Crippen molar-refractivity contribution >= 4 is 34.0 Å². The van der Waals surface area contributed by atoms with Crippen molar-refractivity contribution in [3.8, 4) is 0 Å². The van der Waals surface area contributed by atoms with Crippen LogP contribution in [-0.4, -0.2) is 44.3 Å². The van der Waals surface area contributed by atoms with Gasteiger partial charge in [0, 0.05) is 31.2 Å². The molecular weight excluding hydrogens is 350 g/mol. The van der Waals surface area contributed by atoms with E-state index in [4.69, 9.17) is 0 Å². The average molecular weight is 376 g/mol. The first-order valence-corrected chi connectivity index (χ1v) is 9.55. The molecule has 0 spiro atoms. The van der Waals surface area contributed by atoms with E-state index in [1.165, 1.54) is 0 Å². The van der Waals surface area contributed by atoms with E-state index in [0.29, 0.717) is 25.2 Å². The summed E-state index contributed by atoms with van der Waals surface area (Å²) in [5.74, 6) is -0.0924. The van der Waals surface area contributed by atoms with Crippen LogP contribution in [0.2, 0.25) is 0 Å². The minimum absolute atomic E-state index is 0. The van der Waals surface area contributed by atoms with Crippen molar-refractivity contribution in [2.75, 3.05) is 25.0 Å². The van der Waals surface area contributed by atoms with Crippen molar-refractivity contribution in [2.45, 2.75) is 44.0 Å². The number of amides is 1. The molecule has 1 aliphatic rings. The van der Waals surface area contributed by atoms with Crippen LogP contribution in [0.4, 0.5) is 5.69 Å². The monoisotopic (exact) mass is 375 g/mol. The summed E-state index contributed by atoms with van der Waals surface area (Å²) in [5, 5.41) is 5.94. The van der Waals surface area contributed by atoms with Crippen molar-refractivity contribution < 1.29 is 13.2 Å². The van der Waals surface area contributed by atoms with E-state index >= 15 is 0 Å². The third-order valence-corrected chi connectivity index (χ3v) is 5.92. The number of halogens is 1. The van der Waals surface area contributed by atoms with E-state index in [1.807, 2.05) is 6.92 Å². The number of carbonyl (C=O) groups excluding carboxylic acids is 1. The molecule has 1 aromatic carbocycles. The predicted octanol–water partition coefficient (Wildman–Crippen LogP) is 2.22. The molecule has 1 fully saturated rings. The Morgan fingerprint density at radius 1 is 1.29 bits per heavy atom. The Labute approximate surface area is 150 Å². The number of rotatable bonds is 7. The Morgan fingerprint density at radius 2 is 1.96 bits per heavy atom. The Hall–Kier alpha value is -1.15. The number of carbonyl (C=O) groups is 1. The van der Waals surface area contributed by atoms with Gasteiger partial charge in [-0.25, -0.2) is 8.42 Å². The molecule has 2 rings (SSSR count). The van der Waals surface area contributed by atoms with E-state index in [1.54, 1.807) is 35.5 Å². The van der Waals surface area contributed by atoms with E-state index in [0.717, 1.165) is 19.4 Å². The van der Waals surface area contributed by atoms with Crippen molar-refractivity contribution in [3.05, 3.63) is 24.3 Å². The van der Waals surface area contributed by atoms with Crippen molar-refractivity contribution in [1.29, 1.82) is 0 Å². The molecule has 1 saturated heterocycles. The lowest BCUT2D eigenvalue weighted by molar-refractivity contribution is -0.115. The molecule has 1 atom stereocenters. The summed E-state index contributed by atoms with van der Waals surface area (Å²) in [6, 6.07) is 6.41. The van der Waals surface area contributed by atoms with Gasteiger partial charge < -0.3 is 10.6 Å². The second-order valence-corrected chi connectivity index (χ2v) is 7.58. The van der Waals surface area contributed by atoms with E-state index in [9.17, 15) is 13.2 Å². The van der Waals surface area contributed by atoms with E-state index in [2.05, 4.69) is 10.6 Å². The van der Waals surface area contributed by atoms with Crippen molar-refractivity contribution in [3.63, 3.8) is 0 Å². The Balaban J connectivity index is 0.00000288. The van der Waals surface area contributed by atoms with Crippen LogP contribution in [0, 0.1) is 0 Å². The molecule has 1 unspecified atom stereocenters. The molecule has 8 heteroatoms. The first-order chi connectivity index (χ1) is 11.0. The van der Waals surface area contributed by atoms with Gasteiger partial charge in [-0.15, -0.1) is 12.4 Å². The number of sulfonamides is 1. The number of hydrogen-bond acceptors (Lipinski definition) is 4. The van der Waals surface area contributed by atoms with Gasteiger partial charge in [0.1, 0.15) is 0 Å².